The highest BCUT2D eigenvalue weighted by molar-refractivity contribution is 5.87. The minimum absolute atomic E-state index is 0.0298. The minimum atomic E-state index is -0.524. The van der Waals surface area contributed by atoms with Gasteiger partial charge in [0.25, 0.3) is 0 Å². The Morgan fingerprint density at radius 3 is 2.47 bits per heavy atom. The Morgan fingerprint density at radius 2 is 1.72 bits per heavy atom. The van der Waals surface area contributed by atoms with Gasteiger partial charge in [0.05, 0.1) is 0 Å². The third kappa shape index (κ3) is 5.61. The molecule has 2 aromatic rings. The number of hydrogen-bond acceptors (Lipinski definition) is 4. The maximum absolute atomic E-state index is 13.3. The number of aryl methyl sites for hydroxylation is 1. The molecule has 1 fully saturated rings. The highest BCUT2D eigenvalue weighted by atomic mass is 16.6. The number of carbonyl (C=O) groups excluding carboxylic acids is 2. The van der Waals surface area contributed by atoms with Gasteiger partial charge in [-0.3, -0.25) is 9.59 Å². The van der Waals surface area contributed by atoms with Crippen molar-refractivity contribution >= 4 is 11.8 Å². The highest BCUT2D eigenvalue weighted by Crippen LogP contribution is 2.31. The van der Waals surface area contributed by atoms with E-state index in [2.05, 4.69) is 5.32 Å². The quantitative estimate of drug-likeness (QED) is 0.682. The van der Waals surface area contributed by atoms with E-state index in [9.17, 15) is 9.59 Å². The average Bonchev–Trinajstić information content (AvgIpc) is 3.34. The molecule has 0 bridgehead atoms. The zero-order valence-corrected chi connectivity index (χ0v) is 18.7. The van der Waals surface area contributed by atoms with Crippen LogP contribution < -0.4 is 14.8 Å². The summed E-state index contributed by atoms with van der Waals surface area (Å²) in [6.45, 7) is 3.34. The van der Waals surface area contributed by atoms with E-state index in [1.165, 1.54) is 0 Å². The predicted octanol–water partition coefficient (Wildman–Crippen LogP) is 3.87. The van der Waals surface area contributed by atoms with E-state index in [0.29, 0.717) is 32.6 Å². The maximum atomic E-state index is 13.3. The summed E-state index contributed by atoms with van der Waals surface area (Å²) in [7, 11) is 0. The van der Waals surface area contributed by atoms with E-state index in [1.807, 2.05) is 55.5 Å². The molecule has 0 saturated heterocycles. The number of carbonyl (C=O) groups is 2. The van der Waals surface area contributed by atoms with Gasteiger partial charge in [-0.25, -0.2) is 0 Å². The molecule has 1 aliphatic carbocycles. The van der Waals surface area contributed by atoms with Gasteiger partial charge in [-0.2, -0.15) is 0 Å². The molecule has 4 rings (SSSR count). The zero-order chi connectivity index (χ0) is 22.3. The van der Waals surface area contributed by atoms with Crippen LogP contribution in [0.25, 0.3) is 0 Å². The van der Waals surface area contributed by atoms with Gasteiger partial charge in [0.1, 0.15) is 19.3 Å². The number of nitrogens with zero attached hydrogens (tertiary/aromatic N) is 1. The van der Waals surface area contributed by atoms with Gasteiger partial charge in [0.2, 0.25) is 11.8 Å². The molecule has 0 aromatic heterocycles. The number of benzene rings is 2. The van der Waals surface area contributed by atoms with Crippen LogP contribution in [0.3, 0.4) is 0 Å². The number of nitrogens with one attached hydrogen (secondary N) is 1. The smallest absolute Gasteiger partial charge is 0.242 e. The standard InChI is InChI=1S/C26H32N2O4/c1-19(26(30)27-22-9-5-6-10-22)28(18-21-7-3-2-4-8-21)25(29)14-12-20-11-13-23-24(17-20)32-16-15-31-23/h2-4,7-8,11,13,17,19,22H,5-6,9-10,12,14-16,18H2,1H3,(H,27,30). The fourth-order valence-electron chi connectivity index (χ4n) is 4.39. The molecule has 1 aliphatic heterocycles. The molecule has 0 spiro atoms. The summed E-state index contributed by atoms with van der Waals surface area (Å²) in [5.74, 6) is 1.37. The van der Waals surface area contributed by atoms with Gasteiger partial charge in [0.15, 0.2) is 11.5 Å². The lowest BCUT2D eigenvalue weighted by Gasteiger charge is -2.30. The van der Waals surface area contributed by atoms with E-state index >= 15 is 0 Å². The molecule has 1 N–H and O–H groups in total. The summed E-state index contributed by atoms with van der Waals surface area (Å²) >= 11 is 0. The van der Waals surface area contributed by atoms with E-state index < -0.39 is 6.04 Å². The Labute approximate surface area is 189 Å². The largest absolute Gasteiger partial charge is 0.486 e. The molecule has 32 heavy (non-hydrogen) atoms. The first kappa shape index (κ1) is 22.2. The summed E-state index contributed by atoms with van der Waals surface area (Å²) in [4.78, 5) is 27.9. The van der Waals surface area contributed by atoms with Gasteiger partial charge in [-0.15, -0.1) is 0 Å². The fourth-order valence-corrected chi connectivity index (χ4v) is 4.39. The summed E-state index contributed by atoms with van der Waals surface area (Å²) in [5, 5.41) is 3.14. The summed E-state index contributed by atoms with van der Waals surface area (Å²) in [6.07, 6.45) is 5.26. The van der Waals surface area contributed by atoms with Gasteiger partial charge in [-0.1, -0.05) is 49.2 Å². The van der Waals surface area contributed by atoms with Crippen LogP contribution in [0.4, 0.5) is 0 Å². The number of hydrogen-bond donors (Lipinski definition) is 1. The van der Waals surface area contributed by atoms with Crippen LogP contribution in [0.15, 0.2) is 48.5 Å². The SMILES string of the molecule is CC(C(=O)NC1CCCC1)N(Cc1ccccc1)C(=O)CCc1ccc2c(c1)OCCO2. The molecule has 2 aliphatic rings. The zero-order valence-electron chi connectivity index (χ0n) is 18.7. The second-order valence-electron chi connectivity index (χ2n) is 8.65. The second-order valence-corrected chi connectivity index (χ2v) is 8.65. The van der Waals surface area contributed by atoms with Gasteiger partial charge in [-0.05, 0) is 49.4 Å². The Hall–Kier alpha value is -3.02. The molecule has 170 valence electrons. The first-order valence-corrected chi connectivity index (χ1v) is 11.6. The van der Waals surface area contributed by atoms with Crippen LogP contribution in [0.1, 0.15) is 50.2 Å². The molecule has 1 unspecified atom stereocenters. The van der Waals surface area contributed by atoms with Crippen LogP contribution in [-0.2, 0) is 22.6 Å². The lowest BCUT2D eigenvalue weighted by atomic mass is 10.1. The summed E-state index contributed by atoms with van der Waals surface area (Å²) in [6, 6.07) is 15.4. The summed E-state index contributed by atoms with van der Waals surface area (Å²) < 4.78 is 11.2. The van der Waals surface area contributed by atoms with E-state index in [1.54, 1.807) is 4.90 Å². The van der Waals surface area contributed by atoms with Crippen molar-refractivity contribution in [3.05, 3.63) is 59.7 Å². The normalized spacial score (nSPS) is 16.4. The van der Waals surface area contributed by atoms with Crippen molar-refractivity contribution in [3.63, 3.8) is 0 Å². The third-order valence-corrected chi connectivity index (χ3v) is 6.30. The number of ether oxygens (including phenoxy) is 2. The Morgan fingerprint density at radius 1 is 1.00 bits per heavy atom. The summed E-state index contributed by atoms with van der Waals surface area (Å²) in [5.41, 5.74) is 2.03. The van der Waals surface area contributed by atoms with E-state index in [-0.39, 0.29) is 17.9 Å². The van der Waals surface area contributed by atoms with E-state index in [4.69, 9.17) is 9.47 Å². The molecule has 2 amide bonds. The monoisotopic (exact) mass is 436 g/mol. The van der Waals surface area contributed by atoms with Gasteiger partial charge < -0.3 is 19.7 Å². The lowest BCUT2D eigenvalue weighted by molar-refractivity contribution is -0.140. The predicted molar refractivity (Wildman–Crippen MR) is 123 cm³/mol. The average molecular weight is 437 g/mol. The molecule has 1 atom stereocenters. The molecule has 6 heteroatoms. The van der Waals surface area contributed by atoms with Crippen LogP contribution in [0, 0.1) is 0 Å². The van der Waals surface area contributed by atoms with Crippen LogP contribution in [0.5, 0.6) is 11.5 Å². The van der Waals surface area contributed by atoms with Crippen molar-refractivity contribution in [1.29, 1.82) is 0 Å². The van der Waals surface area contributed by atoms with Crippen LogP contribution >= 0.6 is 0 Å². The number of amides is 2. The molecule has 6 nitrogen and oxygen atoms in total. The van der Waals surface area contributed by atoms with Crippen molar-refractivity contribution in [2.75, 3.05) is 13.2 Å². The lowest BCUT2D eigenvalue weighted by Crippen LogP contribution is -2.49. The van der Waals surface area contributed by atoms with Crippen molar-refractivity contribution < 1.29 is 19.1 Å². The van der Waals surface area contributed by atoms with Crippen molar-refractivity contribution in [1.82, 2.24) is 10.2 Å². The van der Waals surface area contributed by atoms with Gasteiger partial charge in [0, 0.05) is 19.0 Å². The first-order valence-electron chi connectivity index (χ1n) is 11.6. The Balaban J connectivity index is 1.43. The van der Waals surface area contributed by atoms with Crippen molar-refractivity contribution in [3.8, 4) is 11.5 Å². The Kier molecular flexibility index (Phi) is 7.30. The van der Waals surface area contributed by atoms with Crippen LogP contribution in [-0.4, -0.2) is 42.0 Å². The molecule has 0 radical (unpaired) electrons. The highest BCUT2D eigenvalue weighted by Gasteiger charge is 2.28. The molecule has 2 aromatic carbocycles. The van der Waals surface area contributed by atoms with Crippen molar-refractivity contribution in [2.45, 2.75) is 64.1 Å². The fraction of sp³-hybridized carbons (Fsp3) is 0.462. The topological polar surface area (TPSA) is 67.9 Å². The maximum Gasteiger partial charge on any atom is 0.242 e. The number of rotatable bonds is 8. The van der Waals surface area contributed by atoms with Crippen LogP contribution in [0.2, 0.25) is 0 Å². The molecule has 1 saturated carbocycles. The van der Waals surface area contributed by atoms with E-state index in [0.717, 1.165) is 48.3 Å². The molecular weight excluding hydrogens is 404 g/mol. The molecule has 1 heterocycles. The van der Waals surface area contributed by atoms with Crippen molar-refractivity contribution in [2.24, 2.45) is 0 Å². The molecular formula is C26H32N2O4. The third-order valence-electron chi connectivity index (χ3n) is 6.30. The first-order chi connectivity index (χ1) is 15.6. The Bertz CT molecular complexity index is 925. The minimum Gasteiger partial charge on any atom is -0.486 e. The number of fused-ring (bicyclic) bond motifs is 1. The van der Waals surface area contributed by atoms with Gasteiger partial charge >= 0.3 is 0 Å². The second kappa shape index (κ2) is 10.5.